The van der Waals surface area contributed by atoms with Crippen molar-refractivity contribution in [3.05, 3.63) is 29.8 Å². The highest BCUT2D eigenvalue weighted by Gasteiger charge is 2.35. The summed E-state index contributed by atoms with van der Waals surface area (Å²) in [7, 11) is 0. The van der Waals surface area contributed by atoms with Crippen molar-refractivity contribution < 1.29 is 4.79 Å². The van der Waals surface area contributed by atoms with E-state index in [0.29, 0.717) is 23.2 Å². The van der Waals surface area contributed by atoms with Gasteiger partial charge in [-0.25, -0.2) is 0 Å². The summed E-state index contributed by atoms with van der Waals surface area (Å²) >= 11 is 0. The maximum atomic E-state index is 12.2. The van der Waals surface area contributed by atoms with Crippen LogP contribution < -0.4 is 11.1 Å². The van der Waals surface area contributed by atoms with Gasteiger partial charge in [-0.05, 0) is 44.0 Å². The fourth-order valence-corrected chi connectivity index (χ4v) is 3.08. The number of rotatable bonds is 2. The highest BCUT2D eigenvalue weighted by Crippen LogP contribution is 2.27. The average molecular weight is 245 g/mol. The fraction of sp³-hybridized carbons (Fsp3) is 0.500. The molecule has 4 nitrogen and oxygen atoms in total. The molecule has 0 spiro atoms. The van der Waals surface area contributed by atoms with Crippen molar-refractivity contribution in [1.82, 2.24) is 10.2 Å². The van der Waals surface area contributed by atoms with Gasteiger partial charge < -0.3 is 16.0 Å². The van der Waals surface area contributed by atoms with Gasteiger partial charge in [0, 0.05) is 18.3 Å². The molecule has 0 aliphatic carbocycles. The Morgan fingerprint density at radius 2 is 2.00 bits per heavy atom. The smallest absolute Gasteiger partial charge is 0.253 e. The van der Waals surface area contributed by atoms with Crippen molar-refractivity contribution in [2.24, 2.45) is 5.92 Å². The SMILES string of the molecule is Nc1ccccc1C(=O)NC1CN2CCC1CC2. The number of nitrogens with one attached hydrogen (secondary N) is 1. The van der Waals surface area contributed by atoms with Gasteiger partial charge in [-0.2, -0.15) is 0 Å². The molecule has 1 unspecified atom stereocenters. The second-order valence-corrected chi connectivity index (χ2v) is 5.31. The molecule has 3 aliphatic heterocycles. The maximum Gasteiger partial charge on any atom is 0.253 e. The molecule has 3 saturated heterocycles. The van der Waals surface area contributed by atoms with Crippen LogP contribution in [0.15, 0.2) is 24.3 Å². The number of anilines is 1. The third-order valence-electron chi connectivity index (χ3n) is 4.18. The first-order valence-electron chi connectivity index (χ1n) is 6.62. The van der Waals surface area contributed by atoms with E-state index in [1.165, 1.54) is 25.9 Å². The number of piperidine rings is 3. The number of fused-ring (bicyclic) bond motifs is 3. The van der Waals surface area contributed by atoms with Crippen LogP contribution in [0, 0.1) is 5.92 Å². The van der Waals surface area contributed by atoms with E-state index in [9.17, 15) is 4.79 Å². The van der Waals surface area contributed by atoms with Crippen LogP contribution in [-0.4, -0.2) is 36.5 Å². The number of carbonyl (C=O) groups excluding carboxylic acids is 1. The van der Waals surface area contributed by atoms with Gasteiger partial charge in [-0.3, -0.25) is 4.79 Å². The molecule has 0 saturated carbocycles. The van der Waals surface area contributed by atoms with E-state index in [0.717, 1.165) is 6.54 Å². The number of nitrogens with zero attached hydrogens (tertiary/aromatic N) is 1. The van der Waals surface area contributed by atoms with Crippen LogP contribution in [0.2, 0.25) is 0 Å². The average Bonchev–Trinajstić information content (AvgIpc) is 2.40. The topological polar surface area (TPSA) is 58.4 Å². The molecule has 96 valence electrons. The summed E-state index contributed by atoms with van der Waals surface area (Å²) in [6, 6.07) is 7.54. The van der Waals surface area contributed by atoms with Gasteiger partial charge in [-0.15, -0.1) is 0 Å². The summed E-state index contributed by atoms with van der Waals surface area (Å²) in [6.07, 6.45) is 2.41. The molecule has 1 atom stereocenters. The van der Waals surface area contributed by atoms with Gasteiger partial charge >= 0.3 is 0 Å². The molecule has 0 aromatic heterocycles. The van der Waals surface area contributed by atoms with Crippen molar-refractivity contribution in [1.29, 1.82) is 0 Å². The Balaban J connectivity index is 1.70. The first-order valence-corrected chi connectivity index (χ1v) is 6.62. The Morgan fingerprint density at radius 3 is 2.61 bits per heavy atom. The second-order valence-electron chi connectivity index (χ2n) is 5.31. The van der Waals surface area contributed by atoms with E-state index in [1.54, 1.807) is 12.1 Å². The summed E-state index contributed by atoms with van der Waals surface area (Å²) < 4.78 is 0. The third kappa shape index (κ3) is 2.08. The molecule has 18 heavy (non-hydrogen) atoms. The third-order valence-corrected chi connectivity index (χ3v) is 4.18. The van der Waals surface area contributed by atoms with E-state index in [2.05, 4.69) is 10.2 Å². The predicted molar refractivity (Wildman–Crippen MR) is 71.3 cm³/mol. The molecule has 0 radical (unpaired) electrons. The van der Waals surface area contributed by atoms with E-state index >= 15 is 0 Å². The summed E-state index contributed by atoms with van der Waals surface area (Å²) in [5.41, 5.74) is 6.97. The van der Waals surface area contributed by atoms with Crippen LogP contribution in [0.5, 0.6) is 0 Å². The standard InChI is InChI=1S/C14H19N3O/c15-12-4-2-1-3-11(12)14(18)16-13-9-17-7-5-10(13)6-8-17/h1-4,10,13H,5-9,15H2,(H,16,18). The highest BCUT2D eigenvalue weighted by atomic mass is 16.1. The number of carbonyl (C=O) groups is 1. The largest absolute Gasteiger partial charge is 0.398 e. The Kier molecular flexibility index (Phi) is 2.96. The molecule has 2 bridgehead atoms. The zero-order valence-electron chi connectivity index (χ0n) is 10.4. The number of benzene rings is 1. The normalized spacial score (nSPS) is 30.1. The number of nitrogen functional groups attached to an aromatic ring is 1. The lowest BCUT2D eigenvalue weighted by Gasteiger charge is -2.44. The van der Waals surface area contributed by atoms with Gasteiger partial charge in [0.2, 0.25) is 0 Å². The Labute approximate surface area is 107 Å². The lowest BCUT2D eigenvalue weighted by molar-refractivity contribution is 0.0621. The Bertz CT molecular complexity index is 452. The second kappa shape index (κ2) is 4.61. The van der Waals surface area contributed by atoms with Crippen molar-refractivity contribution in [3.63, 3.8) is 0 Å². The predicted octanol–water partition coefficient (Wildman–Crippen LogP) is 1.09. The van der Waals surface area contributed by atoms with E-state index < -0.39 is 0 Å². The van der Waals surface area contributed by atoms with Crippen LogP contribution in [0.3, 0.4) is 0 Å². The first kappa shape index (κ1) is 11.5. The molecular weight excluding hydrogens is 226 g/mol. The summed E-state index contributed by atoms with van der Waals surface area (Å²) in [5.74, 6) is 0.607. The quantitative estimate of drug-likeness (QED) is 0.767. The number of hydrogen-bond donors (Lipinski definition) is 2. The molecule has 3 fully saturated rings. The molecule has 1 aromatic rings. The highest BCUT2D eigenvalue weighted by molar-refractivity contribution is 5.99. The lowest BCUT2D eigenvalue weighted by atomic mass is 9.84. The van der Waals surface area contributed by atoms with Crippen molar-refractivity contribution in [2.45, 2.75) is 18.9 Å². The molecule has 3 N–H and O–H groups in total. The molecule has 1 aromatic carbocycles. The van der Waals surface area contributed by atoms with Gasteiger partial charge in [0.1, 0.15) is 0 Å². The number of para-hydroxylation sites is 1. The molecule has 3 aliphatic rings. The first-order chi connectivity index (χ1) is 8.74. The minimum atomic E-state index is -0.0353. The van der Waals surface area contributed by atoms with Gasteiger partial charge in [0.05, 0.1) is 5.56 Å². The minimum absolute atomic E-state index is 0.0353. The molecule has 4 heteroatoms. The number of amides is 1. The van der Waals surface area contributed by atoms with Crippen LogP contribution >= 0.6 is 0 Å². The van der Waals surface area contributed by atoms with Gasteiger partial charge in [0.25, 0.3) is 5.91 Å². The maximum absolute atomic E-state index is 12.2. The van der Waals surface area contributed by atoms with E-state index in [1.807, 2.05) is 12.1 Å². The van der Waals surface area contributed by atoms with Crippen LogP contribution in [0.4, 0.5) is 5.69 Å². The number of hydrogen-bond acceptors (Lipinski definition) is 3. The fourth-order valence-electron chi connectivity index (χ4n) is 3.08. The number of nitrogens with two attached hydrogens (primary N) is 1. The van der Waals surface area contributed by atoms with Crippen LogP contribution in [0.25, 0.3) is 0 Å². The zero-order valence-corrected chi connectivity index (χ0v) is 10.4. The Morgan fingerprint density at radius 1 is 1.28 bits per heavy atom. The van der Waals surface area contributed by atoms with Crippen LogP contribution in [-0.2, 0) is 0 Å². The van der Waals surface area contributed by atoms with Crippen molar-refractivity contribution >= 4 is 11.6 Å². The van der Waals surface area contributed by atoms with Crippen molar-refractivity contribution in [3.8, 4) is 0 Å². The van der Waals surface area contributed by atoms with Crippen molar-refractivity contribution in [2.75, 3.05) is 25.4 Å². The minimum Gasteiger partial charge on any atom is -0.398 e. The van der Waals surface area contributed by atoms with Gasteiger partial charge in [-0.1, -0.05) is 12.1 Å². The molecule has 1 amide bonds. The lowest BCUT2D eigenvalue weighted by Crippen LogP contribution is -2.57. The van der Waals surface area contributed by atoms with Gasteiger partial charge in [0.15, 0.2) is 0 Å². The van der Waals surface area contributed by atoms with E-state index in [-0.39, 0.29) is 5.91 Å². The Hall–Kier alpha value is -1.55. The summed E-state index contributed by atoms with van der Waals surface area (Å²) in [4.78, 5) is 14.6. The zero-order chi connectivity index (χ0) is 12.5. The molecular formula is C14H19N3O. The molecule has 3 heterocycles. The van der Waals surface area contributed by atoms with E-state index in [4.69, 9.17) is 5.73 Å². The molecule has 4 rings (SSSR count). The monoisotopic (exact) mass is 245 g/mol. The summed E-state index contributed by atoms with van der Waals surface area (Å²) in [5, 5.41) is 3.15. The van der Waals surface area contributed by atoms with Crippen LogP contribution in [0.1, 0.15) is 23.2 Å². The summed E-state index contributed by atoms with van der Waals surface area (Å²) in [6.45, 7) is 3.36.